The largest absolute Gasteiger partial charge is 0.490 e. The highest BCUT2D eigenvalue weighted by atomic mass is 35.5. The van der Waals surface area contributed by atoms with Gasteiger partial charge in [0.25, 0.3) is 0 Å². The van der Waals surface area contributed by atoms with Gasteiger partial charge in [0.05, 0.1) is 60.0 Å². The molecule has 4 aromatic rings. The molecule has 0 fully saturated rings. The van der Waals surface area contributed by atoms with E-state index in [0.717, 1.165) is 22.3 Å². The van der Waals surface area contributed by atoms with Crippen LogP contribution >= 0.6 is 92.8 Å². The van der Waals surface area contributed by atoms with Gasteiger partial charge in [-0.3, -0.25) is 0 Å². The van der Waals surface area contributed by atoms with Crippen molar-refractivity contribution in [3.8, 4) is 23.0 Å². The molecule has 4 nitrogen and oxygen atoms in total. The summed E-state index contributed by atoms with van der Waals surface area (Å²) in [7, 11) is 0. The lowest BCUT2D eigenvalue weighted by atomic mass is 9.78. The van der Waals surface area contributed by atoms with Gasteiger partial charge >= 0.3 is 0 Å². The Kier molecular flexibility index (Phi) is 17.7. The number of hydrogen-bond donors (Lipinski definition) is 0. The predicted molar refractivity (Wildman–Crippen MR) is 249 cm³/mol. The van der Waals surface area contributed by atoms with Gasteiger partial charge in [-0.1, -0.05) is 147 Å². The lowest BCUT2D eigenvalue weighted by Crippen LogP contribution is -2.35. The van der Waals surface area contributed by atoms with Gasteiger partial charge in [0.1, 0.15) is 5.60 Å². The van der Waals surface area contributed by atoms with E-state index in [1.807, 2.05) is 62.4 Å². The Morgan fingerprint density at radius 1 is 0.466 bits per heavy atom. The fourth-order valence-corrected chi connectivity index (χ4v) is 8.95. The van der Waals surface area contributed by atoms with Gasteiger partial charge in [0.15, 0.2) is 23.0 Å². The van der Waals surface area contributed by atoms with Crippen molar-refractivity contribution in [2.24, 2.45) is 0 Å². The van der Waals surface area contributed by atoms with Crippen LogP contribution in [0.3, 0.4) is 0 Å². The van der Waals surface area contributed by atoms with Crippen LogP contribution in [0.1, 0.15) is 102 Å². The van der Waals surface area contributed by atoms with Gasteiger partial charge in [-0.15, -0.1) is 13.2 Å². The minimum absolute atomic E-state index is 0.351. The maximum absolute atomic E-state index is 6.95. The summed E-state index contributed by atoms with van der Waals surface area (Å²) in [6.45, 7) is 21.0. The summed E-state index contributed by atoms with van der Waals surface area (Å²) in [5, 5.41) is 3.26. The molecule has 0 bridgehead atoms. The lowest BCUT2D eigenvalue weighted by molar-refractivity contribution is 0.0452. The highest BCUT2D eigenvalue weighted by Gasteiger charge is 2.33. The first-order valence-electron chi connectivity index (χ1n) is 19.1. The third-order valence-electron chi connectivity index (χ3n) is 10.6. The van der Waals surface area contributed by atoms with Crippen LogP contribution in [0.15, 0.2) is 73.8 Å². The van der Waals surface area contributed by atoms with Crippen LogP contribution in [0.5, 0.6) is 23.0 Å². The van der Waals surface area contributed by atoms with Gasteiger partial charge in [0.2, 0.25) is 0 Å². The summed E-state index contributed by atoms with van der Waals surface area (Å²) in [5.74, 6) is 1.72. The van der Waals surface area contributed by atoms with E-state index in [2.05, 4.69) is 40.9 Å². The molecule has 12 heteroatoms. The molecule has 4 rings (SSSR count). The van der Waals surface area contributed by atoms with E-state index < -0.39 is 16.4 Å². The molecule has 0 spiro atoms. The van der Waals surface area contributed by atoms with Crippen LogP contribution in [-0.2, 0) is 10.8 Å². The van der Waals surface area contributed by atoms with Crippen molar-refractivity contribution in [3.63, 3.8) is 0 Å². The highest BCUT2D eigenvalue weighted by Crippen LogP contribution is 2.47. The Labute approximate surface area is 384 Å². The molecule has 0 atom stereocenters. The van der Waals surface area contributed by atoms with Gasteiger partial charge in [-0.2, -0.15) is 0 Å². The fraction of sp³-hybridized carbons (Fsp3) is 0.391. The number of rotatable bonds is 21. The zero-order valence-corrected chi connectivity index (χ0v) is 39.8. The molecule has 0 N–H and O–H groups in total. The monoisotopic (exact) mass is 946 g/mol. The molecule has 0 aromatic heterocycles. The maximum Gasteiger partial charge on any atom is 0.157 e. The van der Waals surface area contributed by atoms with Crippen LogP contribution < -0.4 is 18.9 Å². The third kappa shape index (κ3) is 11.4. The minimum Gasteiger partial charge on any atom is -0.490 e. The molecule has 0 heterocycles. The normalized spacial score (nSPS) is 12.0. The van der Waals surface area contributed by atoms with Crippen LogP contribution in [-0.4, -0.2) is 25.4 Å². The molecule has 0 aliphatic rings. The second kappa shape index (κ2) is 21.1. The van der Waals surface area contributed by atoms with Crippen LogP contribution in [0, 0.1) is 0 Å². The molecule has 0 aliphatic carbocycles. The van der Waals surface area contributed by atoms with Crippen molar-refractivity contribution in [2.45, 2.75) is 96.5 Å². The fourth-order valence-electron chi connectivity index (χ4n) is 6.60. The number of ether oxygens (including phenoxy) is 4. The van der Waals surface area contributed by atoms with Crippen molar-refractivity contribution >= 4 is 92.8 Å². The van der Waals surface area contributed by atoms with E-state index in [0.29, 0.717) is 122 Å². The predicted octanol–water partition coefficient (Wildman–Crippen LogP) is 17.3. The van der Waals surface area contributed by atoms with Gasteiger partial charge in [-0.25, -0.2) is 0 Å². The van der Waals surface area contributed by atoms with Crippen molar-refractivity contribution in [1.29, 1.82) is 0 Å². The van der Waals surface area contributed by atoms with Crippen LogP contribution in [0.2, 0.25) is 40.2 Å². The smallest absolute Gasteiger partial charge is 0.157 e. The van der Waals surface area contributed by atoms with Gasteiger partial charge in [-0.05, 0) is 109 Å². The van der Waals surface area contributed by atoms with Gasteiger partial charge in [0, 0.05) is 10.8 Å². The third-order valence-corrected chi connectivity index (χ3v) is 12.9. The number of halogens is 8. The van der Waals surface area contributed by atoms with E-state index in [4.69, 9.17) is 112 Å². The summed E-state index contributed by atoms with van der Waals surface area (Å²) < 4.78 is 24.5. The van der Waals surface area contributed by atoms with E-state index in [9.17, 15) is 0 Å². The standard InChI is InChI=1S/C46H50Cl8O4/c1-9-13-17-55-40-32(47)20-28(21-33(40)48)44(5,6)29-24-36(51)42(37(52)25-29)57-19-15-16-46(11-3,12-4)58-43-38(53)26-31(27-39(43)54)45(7,8)30-22-34(49)41(35(50)23-30)56-18-14-10-2/h9-10,20-27H,1-2,11-19H2,3-8H3. The van der Waals surface area contributed by atoms with Crippen LogP contribution in [0.4, 0.5) is 0 Å². The summed E-state index contributed by atoms with van der Waals surface area (Å²) in [6.07, 6.45) is 7.62. The van der Waals surface area contributed by atoms with Crippen LogP contribution in [0.25, 0.3) is 0 Å². The second-order valence-electron chi connectivity index (χ2n) is 15.1. The maximum atomic E-state index is 6.95. The molecule has 4 aromatic carbocycles. The van der Waals surface area contributed by atoms with E-state index in [-0.39, 0.29) is 0 Å². The zero-order chi connectivity index (χ0) is 43.0. The Bertz CT molecular complexity index is 2000. The first-order chi connectivity index (χ1) is 27.3. The molecule has 0 aliphatic heterocycles. The molecule has 0 amide bonds. The van der Waals surface area contributed by atoms with E-state index in [1.54, 1.807) is 12.2 Å². The Hall–Kier alpha value is -2.12. The first-order valence-corrected chi connectivity index (χ1v) is 22.1. The minimum atomic E-state index is -0.563. The van der Waals surface area contributed by atoms with Crippen molar-refractivity contribution in [3.05, 3.63) is 136 Å². The topological polar surface area (TPSA) is 36.9 Å². The number of benzene rings is 4. The summed E-state index contributed by atoms with van der Waals surface area (Å²) in [6, 6.07) is 14.9. The summed E-state index contributed by atoms with van der Waals surface area (Å²) in [5.41, 5.74) is 1.80. The van der Waals surface area contributed by atoms with E-state index in [1.165, 1.54) is 0 Å². The quantitative estimate of drug-likeness (QED) is 0.0616. The Morgan fingerprint density at radius 3 is 1.02 bits per heavy atom. The molecular weight excluding hydrogens is 900 g/mol. The van der Waals surface area contributed by atoms with Crippen molar-refractivity contribution in [1.82, 2.24) is 0 Å². The molecular formula is C46H50Cl8O4. The first kappa shape index (κ1) is 48.5. The van der Waals surface area contributed by atoms with E-state index >= 15 is 0 Å². The molecule has 0 radical (unpaired) electrons. The molecule has 58 heavy (non-hydrogen) atoms. The van der Waals surface area contributed by atoms with Crippen molar-refractivity contribution < 1.29 is 18.9 Å². The molecule has 0 saturated carbocycles. The Balaban J connectivity index is 1.46. The van der Waals surface area contributed by atoms with Gasteiger partial charge < -0.3 is 18.9 Å². The molecule has 0 unspecified atom stereocenters. The zero-order valence-electron chi connectivity index (χ0n) is 33.7. The molecule has 314 valence electrons. The highest BCUT2D eigenvalue weighted by molar-refractivity contribution is 6.39. The molecule has 0 saturated heterocycles. The SMILES string of the molecule is C=CCCOc1c(Cl)cc(C(C)(C)c2cc(Cl)c(OCCCC(CC)(CC)Oc3c(Cl)cc(C(C)(C)c4cc(Cl)c(OCCC=C)c(Cl)c4)cc3Cl)c(Cl)c2)cc1Cl. The average molecular weight is 951 g/mol. The van der Waals surface area contributed by atoms with Crippen molar-refractivity contribution in [2.75, 3.05) is 19.8 Å². The summed E-state index contributed by atoms with van der Waals surface area (Å²) >= 11 is 54.0. The second-order valence-corrected chi connectivity index (χ2v) is 18.4. The lowest BCUT2D eigenvalue weighted by Gasteiger charge is -2.34. The average Bonchev–Trinajstić information content (AvgIpc) is 3.16. The summed E-state index contributed by atoms with van der Waals surface area (Å²) in [4.78, 5) is 0. The Morgan fingerprint density at radius 2 is 0.741 bits per heavy atom. The number of hydrogen-bond acceptors (Lipinski definition) is 4.